The number of nitrogens with zero attached hydrogens (tertiary/aromatic N) is 4. The van der Waals surface area contributed by atoms with Crippen molar-refractivity contribution >= 4 is 66.9 Å². The molecular formula is C38H46N8O6S2. The average Bonchev–Trinajstić information content (AvgIpc) is 3.99. The van der Waals surface area contributed by atoms with Gasteiger partial charge in [-0.25, -0.2) is 14.8 Å². The van der Waals surface area contributed by atoms with Crippen molar-refractivity contribution in [1.29, 1.82) is 0 Å². The average molecular weight is 775 g/mol. The largest absolute Gasteiger partial charge is 0.453 e. The van der Waals surface area contributed by atoms with E-state index in [2.05, 4.69) is 44.9 Å². The molecule has 0 spiro atoms. The summed E-state index contributed by atoms with van der Waals surface area (Å²) in [5.74, 6) is 0.348. The molecule has 54 heavy (non-hydrogen) atoms. The molecule has 286 valence electrons. The highest BCUT2D eigenvalue weighted by Crippen LogP contribution is 2.43. The van der Waals surface area contributed by atoms with Crippen LogP contribution in [0.1, 0.15) is 77.1 Å². The second kappa shape index (κ2) is 15.5. The molecule has 2 saturated heterocycles. The zero-order valence-electron chi connectivity index (χ0n) is 31.0. The summed E-state index contributed by atoms with van der Waals surface area (Å²) in [4.78, 5) is 73.4. The standard InChI is InChI=1S/C38H46N8O6S2/c1-19(2)32(43-31(48)18-47)36(49)46-13-7-9-26(46)35-40-22-11-10-21(14-23(22)41-35)27-15-29-30(53-27)16-28(54-29)24-17-39-34(42-24)25-8-6-12-45(25)37(50)33(20(3)4)44-38(51)52-5/h10-11,14-17,19-20,25-26,32-33,47H,6-9,12-13,18H2,1-5H3,(H,39,42)(H,40,41)(H,43,48)(H,44,51)/t25?,26?,32-,33-/m1/s1. The summed E-state index contributed by atoms with van der Waals surface area (Å²) in [5.41, 5.74) is 3.66. The second-order valence-electron chi connectivity index (χ2n) is 14.7. The van der Waals surface area contributed by atoms with E-state index in [0.29, 0.717) is 13.1 Å². The SMILES string of the molecule is COC(=O)N[C@@H](C(=O)N1CCCC1c1ncc(-c2cc3sc(-c4ccc5[nH]c(C6CCCN6C(=O)[C@H](NC(=O)CO)C(C)C)nc5c4)cc3s2)[nH]1)C(C)C. The van der Waals surface area contributed by atoms with Crippen molar-refractivity contribution in [2.45, 2.75) is 77.5 Å². The van der Waals surface area contributed by atoms with Gasteiger partial charge in [0.2, 0.25) is 17.7 Å². The van der Waals surface area contributed by atoms with Crippen LogP contribution in [0.4, 0.5) is 4.79 Å². The van der Waals surface area contributed by atoms with Crippen molar-refractivity contribution in [3.05, 3.63) is 48.2 Å². The third-order valence-corrected chi connectivity index (χ3v) is 12.7. The van der Waals surface area contributed by atoms with Gasteiger partial charge in [-0.15, -0.1) is 22.7 Å². The number of hydrogen-bond acceptors (Lipinski definition) is 10. The number of aliphatic hydroxyl groups is 1. The molecule has 4 aromatic heterocycles. The normalized spacial score (nSPS) is 18.6. The Balaban J connectivity index is 1.06. The number of carbonyl (C=O) groups is 4. The molecule has 4 atom stereocenters. The van der Waals surface area contributed by atoms with Gasteiger partial charge in [0, 0.05) is 27.4 Å². The number of imidazole rings is 2. The van der Waals surface area contributed by atoms with Crippen LogP contribution in [0.25, 0.3) is 41.4 Å². The Morgan fingerprint density at radius 3 is 2.11 bits per heavy atom. The Hall–Kier alpha value is -4.80. The number of aromatic nitrogens is 4. The fourth-order valence-corrected chi connectivity index (χ4v) is 9.86. The lowest BCUT2D eigenvalue weighted by Gasteiger charge is -2.30. The Bertz CT molecular complexity index is 2150. The van der Waals surface area contributed by atoms with Crippen molar-refractivity contribution in [2.24, 2.45) is 11.8 Å². The summed E-state index contributed by atoms with van der Waals surface area (Å²) in [6.45, 7) is 8.07. The third kappa shape index (κ3) is 7.33. The zero-order chi connectivity index (χ0) is 38.3. The van der Waals surface area contributed by atoms with E-state index in [-0.39, 0.29) is 35.7 Å². The number of nitrogens with one attached hydrogen (secondary N) is 4. The molecule has 14 nitrogen and oxygen atoms in total. The number of fused-ring (bicyclic) bond motifs is 2. The van der Waals surface area contributed by atoms with Gasteiger partial charge in [0.05, 0.1) is 47.0 Å². The molecule has 2 aliphatic rings. The third-order valence-electron chi connectivity index (χ3n) is 10.3. The number of carbonyl (C=O) groups excluding carboxylic acids is 4. The molecule has 6 heterocycles. The number of aliphatic hydroxyl groups excluding tert-OH is 1. The van der Waals surface area contributed by atoms with E-state index in [0.717, 1.165) is 78.8 Å². The molecule has 1 aromatic carbocycles. The number of ether oxygens (including phenoxy) is 1. The highest BCUT2D eigenvalue weighted by atomic mass is 32.1. The fraction of sp³-hybridized carbons (Fsp3) is 0.474. The van der Waals surface area contributed by atoms with Crippen LogP contribution >= 0.6 is 22.7 Å². The van der Waals surface area contributed by atoms with Crippen molar-refractivity contribution in [3.63, 3.8) is 0 Å². The van der Waals surface area contributed by atoms with E-state index in [4.69, 9.17) is 14.7 Å². The lowest BCUT2D eigenvalue weighted by atomic mass is 10.0. The van der Waals surface area contributed by atoms with Gasteiger partial charge in [0.1, 0.15) is 30.3 Å². The Morgan fingerprint density at radius 1 is 0.870 bits per heavy atom. The molecule has 0 aliphatic carbocycles. The smallest absolute Gasteiger partial charge is 0.407 e. The summed E-state index contributed by atoms with van der Waals surface area (Å²) in [5, 5.41) is 14.6. The molecular weight excluding hydrogens is 729 g/mol. The van der Waals surface area contributed by atoms with Gasteiger partial charge >= 0.3 is 6.09 Å². The number of likely N-dealkylation sites (tertiary alicyclic amines) is 2. The summed E-state index contributed by atoms with van der Waals surface area (Å²) in [6.07, 6.45) is 4.44. The maximum atomic E-state index is 13.6. The maximum Gasteiger partial charge on any atom is 0.407 e. The van der Waals surface area contributed by atoms with Crippen LogP contribution in [-0.2, 0) is 19.1 Å². The number of alkyl carbamates (subject to hydrolysis) is 1. The van der Waals surface area contributed by atoms with E-state index >= 15 is 0 Å². The van der Waals surface area contributed by atoms with E-state index in [1.165, 1.54) is 7.11 Å². The minimum Gasteiger partial charge on any atom is -0.453 e. The molecule has 7 rings (SSSR count). The van der Waals surface area contributed by atoms with Crippen molar-refractivity contribution in [1.82, 2.24) is 40.4 Å². The number of aromatic amines is 2. The lowest BCUT2D eigenvalue weighted by Crippen LogP contribution is -2.51. The van der Waals surface area contributed by atoms with Crippen LogP contribution in [0.15, 0.2) is 36.5 Å². The van der Waals surface area contributed by atoms with Gasteiger partial charge in [-0.1, -0.05) is 33.8 Å². The van der Waals surface area contributed by atoms with Crippen molar-refractivity contribution < 1.29 is 29.0 Å². The first-order valence-corrected chi connectivity index (χ1v) is 20.0. The number of rotatable bonds is 11. The van der Waals surface area contributed by atoms with E-state index in [1.807, 2.05) is 44.9 Å². The second-order valence-corrected chi connectivity index (χ2v) is 16.8. The van der Waals surface area contributed by atoms with Gasteiger partial charge in [0.15, 0.2) is 0 Å². The summed E-state index contributed by atoms with van der Waals surface area (Å²) >= 11 is 3.39. The van der Waals surface area contributed by atoms with Gasteiger partial charge in [0.25, 0.3) is 0 Å². The van der Waals surface area contributed by atoms with Crippen LogP contribution in [0, 0.1) is 11.8 Å². The van der Waals surface area contributed by atoms with E-state index in [9.17, 15) is 24.3 Å². The minimum absolute atomic E-state index is 0.105. The Morgan fingerprint density at radius 2 is 1.48 bits per heavy atom. The van der Waals surface area contributed by atoms with Crippen LogP contribution < -0.4 is 10.6 Å². The van der Waals surface area contributed by atoms with Crippen LogP contribution in [0.3, 0.4) is 0 Å². The minimum atomic E-state index is -0.723. The highest BCUT2D eigenvalue weighted by molar-refractivity contribution is 7.31. The zero-order valence-corrected chi connectivity index (χ0v) is 32.6. The van der Waals surface area contributed by atoms with Crippen molar-refractivity contribution in [3.8, 4) is 21.0 Å². The monoisotopic (exact) mass is 774 g/mol. The quantitative estimate of drug-likeness (QED) is 0.113. The molecule has 0 radical (unpaired) electrons. The van der Waals surface area contributed by atoms with Crippen LogP contribution in [0.5, 0.6) is 0 Å². The highest BCUT2D eigenvalue weighted by Gasteiger charge is 2.39. The topological polar surface area (TPSA) is 186 Å². The lowest BCUT2D eigenvalue weighted by molar-refractivity contribution is -0.139. The molecule has 5 aromatic rings. The Labute approximate surface area is 320 Å². The van der Waals surface area contributed by atoms with Gasteiger partial charge in [-0.2, -0.15) is 0 Å². The van der Waals surface area contributed by atoms with Gasteiger partial charge < -0.3 is 40.2 Å². The Kier molecular flexibility index (Phi) is 10.8. The number of methoxy groups -OCH3 is 1. The molecule has 2 unspecified atom stereocenters. The molecule has 2 aliphatic heterocycles. The molecule has 0 saturated carbocycles. The number of amides is 4. The molecule has 2 fully saturated rings. The number of benzene rings is 1. The fourth-order valence-electron chi connectivity index (χ4n) is 7.50. The first-order chi connectivity index (χ1) is 25.9. The van der Waals surface area contributed by atoms with E-state index < -0.39 is 30.7 Å². The summed E-state index contributed by atoms with van der Waals surface area (Å²) in [7, 11) is 1.29. The van der Waals surface area contributed by atoms with E-state index in [1.54, 1.807) is 27.6 Å². The predicted molar refractivity (Wildman–Crippen MR) is 208 cm³/mol. The first-order valence-electron chi connectivity index (χ1n) is 18.4. The van der Waals surface area contributed by atoms with Gasteiger partial charge in [-0.3, -0.25) is 14.4 Å². The summed E-state index contributed by atoms with van der Waals surface area (Å²) < 4.78 is 7.07. The summed E-state index contributed by atoms with van der Waals surface area (Å²) in [6, 6.07) is 8.70. The van der Waals surface area contributed by atoms with Crippen LogP contribution in [0.2, 0.25) is 0 Å². The number of thiophene rings is 2. The first kappa shape index (κ1) is 37.5. The molecule has 16 heteroatoms. The molecule has 4 amide bonds. The number of hydrogen-bond donors (Lipinski definition) is 5. The predicted octanol–water partition coefficient (Wildman–Crippen LogP) is 5.74. The molecule has 0 bridgehead atoms. The maximum absolute atomic E-state index is 13.6. The number of H-pyrrole nitrogens is 2. The van der Waals surface area contributed by atoms with Crippen LogP contribution in [-0.4, -0.2) is 97.5 Å². The molecule has 5 N–H and O–H groups in total. The van der Waals surface area contributed by atoms with Gasteiger partial charge in [-0.05, 0) is 67.3 Å². The van der Waals surface area contributed by atoms with Crippen molar-refractivity contribution in [2.75, 3.05) is 26.8 Å².